The number of aliphatic carboxylic acids is 1. The van der Waals surface area contributed by atoms with E-state index in [0.29, 0.717) is 12.2 Å². The summed E-state index contributed by atoms with van der Waals surface area (Å²) in [4.78, 5) is 23.1. The molecule has 0 aliphatic rings. The van der Waals surface area contributed by atoms with E-state index in [1.54, 1.807) is 12.1 Å². The number of furan rings is 1. The molecule has 0 radical (unpaired) electrons. The lowest BCUT2D eigenvalue weighted by Gasteiger charge is -2.13. The summed E-state index contributed by atoms with van der Waals surface area (Å²) >= 11 is 0. The third kappa shape index (κ3) is 5.76. The number of carbonyl (C=O) groups excluding carboxylic acids is 1. The number of rotatable bonds is 10. The molecule has 1 atom stereocenters. The lowest BCUT2D eigenvalue weighted by atomic mass is 10.0. The average molecular weight is 357 g/mol. The van der Waals surface area contributed by atoms with Gasteiger partial charge >= 0.3 is 5.97 Å². The van der Waals surface area contributed by atoms with Crippen molar-refractivity contribution in [3.8, 4) is 11.3 Å². The second-order valence-electron chi connectivity index (χ2n) is 6.49. The number of benzene rings is 1. The van der Waals surface area contributed by atoms with Gasteiger partial charge in [0.1, 0.15) is 5.76 Å². The number of unbranched alkanes of at least 4 members (excludes halogenated alkanes) is 2. The normalized spacial score (nSPS) is 11.9. The van der Waals surface area contributed by atoms with Gasteiger partial charge in [-0.15, -0.1) is 0 Å². The molecule has 0 fully saturated rings. The van der Waals surface area contributed by atoms with Gasteiger partial charge in [-0.2, -0.15) is 0 Å². The van der Waals surface area contributed by atoms with E-state index in [-0.39, 0.29) is 18.1 Å². The number of amides is 1. The molecule has 1 aromatic carbocycles. The van der Waals surface area contributed by atoms with Crippen LogP contribution in [0.25, 0.3) is 11.3 Å². The molecule has 5 nitrogen and oxygen atoms in total. The Kier molecular flexibility index (Phi) is 7.45. The summed E-state index contributed by atoms with van der Waals surface area (Å²) in [6, 6.07) is 11.2. The molecule has 0 bridgehead atoms. The Bertz CT molecular complexity index is 718. The van der Waals surface area contributed by atoms with Gasteiger partial charge in [0.25, 0.3) is 5.91 Å². The molecule has 1 amide bonds. The van der Waals surface area contributed by atoms with E-state index in [0.717, 1.165) is 12.0 Å². The van der Waals surface area contributed by atoms with E-state index < -0.39 is 12.0 Å². The zero-order chi connectivity index (χ0) is 18.9. The molecule has 1 heterocycles. The molecule has 0 spiro atoms. The molecule has 26 heavy (non-hydrogen) atoms. The highest BCUT2D eigenvalue weighted by molar-refractivity contribution is 5.92. The van der Waals surface area contributed by atoms with Crippen LogP contribution in [0, 0.1) is 0 Å². The lowest BCUT2D eigenvalue weighted by molar-refractivity contribution is -0.137. The first-order chi connectivity index (χ1) is 12.5. The van der Waals surface area contributed by atoms with Crippen LogP contribution in [0.4, 0.5) is 0 Å². The monoisotopic (exact) mass is 357 g/mol. The topological polar surface area (TPSA) is 79.5 Å². The Hall–Kier alpha value is -2.56. The van der Waals surface area contributed by atoms with Gasteiger partial charge in [-0.25, -0.2) is 0 Å². The highest BCUT2D eigenvalue weighted by atomic mass is 16.4. The molecular weight excluding hydrogens is 330 g/mol. The first kappa shape index (κ1) is 19.8. The van der Waals surface area contributed by atoms with Crippen molar-refractivity contribution in [1.29, 1.82) is 0 Å². The van der Waals surface area contributed by atoms with Crippen LogP contribution in [0.5, 0.6) is 0 Å². The van der Waals surface area contributed by atoms with Crippen molar-refractivity contribution in [1.82, 2.24) is 5.32 Å². The smallest absolute Gasteiger partial charge is 0.305 e. The Balaban J connectivity index is 2.00. The quantitative estimate of drug-likeness (QED) is 0.606. The maximum Gasteiger partial charge on any atom is 0.305 e. The number of nitrogens with one attached hydrogen (secondary N) is 1. The lowest BCUT2D eigenvalue weighted by Crippen LogP contribution is -2.35. The van der Waals surface area contributed by atoms with Crippen LogP contribution in [0.2, 0.25) is 0 Å². The molecule has 2 N–H and O–H groups in total. The summed E-state index contributed by atoms with van der Waals surface area (Å²) in [5.41, 5.74) is 2.21. The summed E-state index contributed by atoms with van der Waals surface area (Å²) in [6.45, 7) is 4.03. The van der Waals surface area contributed by atoms with E-state index in [2.05, 4.69) is 24.4 Å². The number of hydrogen-bond donors (Lipinski definition) is 2. The van der Waals surface area contributed by atoms with E-state index in [9.17, 15) is 9.59 Å². The van der Waals surface area contributed by atoms with Crippen LogP contribution in [-0.4, -0.2) is 23.0 Å². The van der Waals surface area contributed by atoms with Crippen molar-refractivity contribution in [2.75, 3.05) is 0 Å². The highest BCUT2D eigenvalue weighted by Crippen LogP contribution is 2.23. The average Bonchev–Trinajstić information content (AvgIpc) is 3.12. The second kappa shape index (κ2) is 9.80. The van der Waals surface area contributed by atoms with E-state index >= 15 is 0 Å². The summed E-state index contributed by atoms with van der Waals surface area (Å²) in [6.07, 6.45) is 5.15. The molecule has 5 heteroatoms. The third-order valence-electron chi connectivity index (χ3n) is 4.39. The zero-order valence-electron chi connectivity index (χ0n) is 15.5. The summed E-state index contributed by atoms with van der Waals surface area (Å²) in [7, 11) is 0. The van der Waals surface area contributed by atoms with Crippen molar-refractivity contribution >= 4 is 11.9 Å². The Labute approximate surface area is 154 Å². The molecule has 0 unspecified atom stereocenters. The molecule has 0 aliphatic heterocycles. The first-order valence-corrected chi connectivity index (χ1v) is 9.25. The maximum absolute atomic E-state index is 12.2. The Morgan fingerprint density at radius 3 is 2.42 bits per heavy atom. The SMILES string of the molecule is CCCCCc1ccc(-c2ccc(C(=O)N[C@@H](CC)CC(=O)O)o2)cc1. The summed E-state index contributed by atoms with van der Waals surface area (Å²) in [5, 5.41) is 11.6. The van der Waals surface area contributed by atoms with Crippen molar-refractivity contribution in [2.45, 2.75) is 58.4 Å². The van der Waals surface area contributed by atoms with Crippen LogP contribution in [-0.2, 0) is 11.2 Å². The van der Waals surface area contributed by atoms with Crippen molar-refractivity contribution < 1.29 is 19.1 Å². The standard InChI is InChI=1S/C21H27NO4/c1-3-5-6-7-15-8-10-16(11-9-15)18-12-13-19(26-18)21(25)22-17(4-2)14-20(23)24/h8-13,17H,3-7,14H2,1-2H3,(H,22,25)(H,23,24)/t17-/m0/s1. The minimum atomic E-state index is -0.934. The van der Waals surface area contributed by atoms with Gasteiger partial charge in [0.05, 0.1) is 6.42 Å². The largest absolute Gasteiger partial charge is 0.481 e. The molecule has 2 rings (SSSR count). The van der Waals surface area contributed by atoms with Gasteiger partial charge in [0, 0.05) is 11.6 Å². The molecule has 2 aromatic rings. The Morgan fingerprint density at radius 2 is 1.81 bits per heavy atom. The number of carboxylic acids is 1. The van der Waals surface area contributed by atoms with Crippen LogP contribution in [0.15, 0.2) is 40.8 Å². The number of hydrogen-bond acceptors (Lipinski definition) is 3. The van der Waals surface area contributed by atoms with Gasteiger partial charge in [0.15, 0.2) is 5.76 Å². The van der Waals surface area contributed by atoms with Gasteiger partial charge in [-0.1, -0.05) is 51.0 Å². The summed E-state index contributed by atoms with van der Waals surface area (Å²) in [5.74, 6) is -0.505. The molecule has 1 aromatic heterocycles. The third-order valence-corrected chi connectivity index (χ3v) is 4.39. The van der Waals surface area contributed by atoms with Crippen LogP contribution >= 0.6 is 0 Å². The van der Waals surface area contributed by atoms with Crippen LogP contribution < -0.4 is 5.32 Å². The molecule has 0 aliphatic carbocycles. The zero-order valence-corrected chi connectivity index (χ0v) is 15.5. The van der Waals surface area contributed by atoms with Crippen LogP contribution in [0.3, 0.4) is 0 Å². The van der Waals surface area contributed by atoms with Gasteiger partial charge in [0.2, 0.25) is 0 Å². The van der Waals surface area contributed by atoms with Gasteiger partial charge in [-0.3, -0.25) is 9.59 Å². The molecule has 0 saturated heterocycles. The van der Waals surface area contributed by atoms with Crippen LogP contribution in [0.1, 0.15) is 62.1 Å². The van der Waals surface area contributed by atoms with Crippen molar-refractivity contribution in [3.63, 3.8) is 0 Å². The fraction of sp³-hybridized carbons (Fsp3) is 0.429. The molecule has 140 valence electrons. The minimum Gasteiger partial charge on any atom is -0.481 e. The molecular formula is C21H27NO4. The highest BCUT2D eigenvalue weighted by Gasteiger charge is 2.18. The number of carboxylic acid groups (broad SMARTS) is 1. The van der Waals surface area contributed by atoms with Crippen molar-refractivity contribution in [2.24, 2.45) is 0 Å². The van der Waals surface area contributed by atoms with E-state index in [4.69, 9.17) is 9.52 Å². The number of carbonyl (C=O) groups is 2. The van der Waals surface area contributed by atoms with E-state index in [1.807, 2.05) is 19.1 Å². The number of aryl methyl sites for hydroxylation is 1. The van der Waals surface area contributed by atoms with Gasteiger partial charge in [-0.05, 0) is 37.0 Å². The second-order valence-corrected chi connectivity index (χ2v) is 6.49. The maximum atomic E-state index is 12.2. The van der Waals surface area contributed by atoms with Crippen molar-refractivity contribution in [3.05, 3.63) is 47.7 Å². The Morgan fingerprint density at radius 1 is 1.08 bits per heavy atom. The first-order valence-electron chi connectivity index (χ1n) is 9.25. The van der Waals surface area contributed by atoms with Gasteiger partial charge < -0.3 is 14.8 Å². The summed E-state index contributed by atoms with van der Waals surface area (Å²) < 4.78 is 5.66. The fourth-order valence-electron chi connectivity index (χ4n) is 2.79. The fourth-order valence-corrected chi connectivity index (χ4v) is 2.79. The predicted octanol–water partition coefficient (Wildman–Crippen LogP) is 4.66. The van der Waals surface area contributed by atoms with E-state index in [1.165, 1.54) is 24.8 Å². The minimum absolute atomic E-state index is 0.102. The predicted molar refractivity (Wildman–Crippen MR) is 101 cm³/mol. The molecule has 0 saturated carbocycles.